The molecular weight excluding hydrogens is 250 g/mol. The van der Waals surface area contributed by atoms with Crippen LogP contribution >= 0.6 is 0 Å². The number of rotatable bonds is 7. The molecule has 0 spiro atoms. The fraction of sp³-hybridized carbons (Fsp3) is 0.588. The molecule has 0 aliphatic rings. The van der Waals surface area contributed by atoms with Crippen LogP contribution in [-0.2, 0) is 10.2 Å². The monoisotopic (exact) mass is 277 g/mol. The van der Waals surface area contributed by atoms with E-state index in [9.17, 15) is 9.90 Å². The van der Waals surface area contributed by atoms with Crippen LogP contribution in [0.3, 0.4) is 0 Å². The Balaban J connectivity index is 2.47. The van der Waals surface area contributed by atoms with Crippen LogP contribution < -0.4 is 0 Å². The molecule has 0 aromatic heterocycles. The zero-order valence-corrected chi connectivity index (χ0v) is 13.1. The summed E-state index contributed by atoms with van der Waals surface area (Å²) in [4.78, 5) is 13.8. The summed E-state index contributed by atoms with van der Waals surface area (Å²) in [6.45, 7) is 6.70. The molecule has 1 N–H and O–H groups in total. The third-order valence-corrected chi connectivity index (χ3v) is 3.83. The van der Waals surface area contributed by atoms with Crippen LogP contribution in [0.2, 0.25) is 0 Å². The van der Waals surface area contributed by atoms with Crippen LogP contribution in [0, 0.1) is 0 Å². The highest BCUT2D eigenvalue weighted by atomic mass is 16.3. The van der Waals surface area contributed by atoms with Gasteiger partial charge in [-0.15, -0.1) is 0 Å². The lowest BCUT2D eigenvalue weighted by Gasteiger charge is -2.26. The van der Waals surface area contributed by atoms with E-state index >= 15 is 0 Å². The zero-order chi connectivity index (χ0) is 15.2. The smallest absolute Gasteiger partial charge is 0.222 e. The molecule has 0 aliphatic heterocycles. The van der Waals surface area contributed by atoms with E-state index in [1.807, 2.05) is 18.2 Å². The van der Waals surface area contributed by atoms with Gasteiger partial charge in [0.15, 0.2) is 0 Å². The van der Waals surface area contributed by atoms with Crippen molar-refractivity contribution in [3.05, 3.63) is 35.9 Å². The number of hydrogen-bond donors (Lipinski definition) is 1. The van der Waals surface area contributed by atoms with E-state index in [1.165, 1.54) is 5.56 Å². The summed E-state index contributed by atoms with van der Waals surface area (Å²) in [5.74, 6) is 0.148. The van der Waals surface area contributed by atoms with Gasteiger partial charge in [0.1, 0.15) is 0 Å². The molecule has 0 bridgehead atoms. The van der Waals surface area contributed by atoms with Gasteiger partial charge in [-0.2, -0.15) is 0 Å². The van der Waals surface area contributed by atoms with E-state index in [2.05, 4.69) is 26.0 Å². The molecule has 1 aromatic carbocycles. The van der Waals surface area contributed by atoms with Gasteiger partial charge in [-0.25, -0.2) is 0 Å². The van der Waals surface area contributed by atoms with Gasteiger partial charge in [0.05, 0.1) is 6.10 Å². The van der Waals surface area contributed by atoms with Crippen molar-refractivity contribution in [2.45, 2.75) is 51.6 Å². The van der Waals surface area contributed by atoms with E-state index in [1.54, 1.807) is 18.9 Å². The number of aliphatic hydroxyl groups excluding tert-OH is 1. The Morgan fingerprint density at radius 1 is 1.30 bits per heavy atom. The van der Waals surface area contributed by atoms with Crippen molar-refractivity contribution in [1.29, 1.82) is 0 Å². The number of amides is 1. The number of nitrogens with zero attached hydrogens (tertiary/aromatic N) is 1. The first-order chi connectivity index (χ1) is 9.33. The number of carbonyl (C=O) groups excluding carboxylic acids is 1. The molecule has 1 unspecified atom stereocenters. The second kappa shape index (κ2) is 7.44. The highest BCUT2D eigenvalue weighted by molar-refractivity contribution is 5.75. The number of carbonyl (C=O) groups is 1. The van der Waals surface area contributed by atoms with Gasteiger partial charge < -0.3 is 10.0 Å². The van der Waals surface area contributed by atoms with E-state index in [-0.39, 0.29) is 17.4 Å². The van der Waals surface area contributed by atoms with Crippen molar-refractivity contribution in [3.63, 3.8) is 0 Å². The minimum absolute atomic E-state index is 0.00201. The number of benzene rings is 1. The van der Waals surface area contributed by atoms with Gasteiger partial charge in [-0.1, -0.05) is 44.2 Å². The molecule has 0 fully saturated rings. The normalized spacial score (nSPS) is 13.1. The molecule has 3 heteroatoms. The fourth-order valence-electron chi connectivity index (χ4n) is 2.15. The maximum absolute atomic E-state index is 12.1. The van der Waals surface area contributed by atoms with E-state index < -0.39 is 0 Å². The third kappa shape index (κ3) is 5.33. The van der Waals surface area contributed by atoms with E-state index in [4.69, 9.17) is 0 Å². The Morgan fingerprint density at radius 2 is 1.90 bits per heavy atom. The molecule has 0 saturated heterocycles. The first-order valence-corrected chi connectivity index (χ1v) is 7.30. The summed E-state index contributed by atoms with van der Waals surface area (Å²) in [6.07, 6.45) is 1.64. The second-order valence-corrected chi connectivity index (χ2v) is 6.20. The lowest BCUT2D eigenvalue weighted by molar-refractivity contribution is -0.130. The van der Waals surface area contributed by atoms with Gasteiger partial charge in [0.25, 0.3) is 0 Å². The van der Waals surface area contributed by atoms with Gasteiger partial charge in [0.2, 0.25) is 5.91 Å². The van der Waals surface area contributed by atoms with Crippen molar-refractivity contribution in [3.8, 4) is 0 Å². The Morgan fingerprint density at radius 3 is 2.45 bits per heavy atom. The molecular formula is C17H27NO2. The van der Waals surface area contributed by atoms with Crippen LogP contribution in [-0.4, -0.2) is 35.6 Å². The van der Waals surface area contributed by atoms with Crippen molar-refractivity contribution < 1.29 is 9.90 Å². The van der Waals surface area contributed by atoms with Gasteiger partial charge in [0, 0.05) is 20.0 Å². The Kier molecular flexibility index (Phi) is 6.21. The van der Waals surface area contributed by atoms with E-state index in [0.717, 1.165) is 6.42 Å². The molecule has 20 heavy (non-hydrogen) atoms. The largest absolute Gasteiger partial charge is 0.393 e. The first kappa shape index (κ1) is 16.7. The summed E-state index contributed by atoms with van der Waals surface area (Å²) in [7, 11) is 1.81. The zero-order valence-electron chi connectivity index (χ0n) is 13.1. The summed E-state index contributed by atoms with van der Waals surface area (Å²) >= 11 is 0. The molecule has 112 valence electrons. The average molecular weight is 277 g/mol. The molecule has 1 aromatic rings. The van der Waals surface area contributed by atoms with Crippen LogP contribution in [0.25, 0.3) is 0 Å². The van der Waals surface area contributed by atoms with Crippen molar-refractivity contribution >= 4 is 5.91 Å². The van der Waals surface area contributed by atoms with Crippen LogP contribution in [0.4, 0.5) is 0 Å². The van der Waals surface area contributed by atoms with Gasteiger partial charge in [-0.05, 0) is 30.7 Å². The third-order valence-electron chi connectivity index (χ3n) is 3.83. The SMILES string of the molecule is CC(O)CCN(C)C(=O)CCC(C)(C)c1ccccc1. The molecule has 0 aliphatic carbocycles. The standard InChI is InChI=1S/C17H27NO2/c1-14(19)11-13-18(4)16(20)10-12-17(2,3)15-8-6-5-7-9-15/h5-9,14,19H,10-13H2,1-4H3. The molecule has 0 heterocycles. The van der Waals surface area contributed by atoms with Gasteiger partial charge in [-0.3, -0.25) is 4.79 Å². The fourth-order valence-corrected chi connectivity index (χ4v) is 2.15. The minimum atomic E-state index is -0.356. The maximum atomic E-state index is 12.1. The predicted octanol–water partition coefficient (Wildman–Crippen LogP) is 2.97. The van der Waals surface area contributed by atoms with Crippen LogP contribution in [0.5, 0.6) is 0 Å². The Labute approximate surface area is 122 Å². The molecule has 3 nitrogen and oxygen atoms in total. The lowest BCUT2D eigenvalue weighted by Crippen LogP contribution is -2.31. The first-order valence-electron chi connectivity index (χ1n) is 7.30. The topological polar surface area (TPSA) is 40.5 Å². The lowest BCUT2D eigenvalue weighted by atomic mass is 9.80. The minimum Gasteiger partial charge on any atom is -0.393 e. The highest BCUT2D eigenvalue weighted by Crippen LogP contribution is 2.28. The molecule has 1 amide bonds. The predicted molar refractivity (Wildman–Crippen MR) is 82.6 cm³/mol. The van der Waals surface area contributed by atoms with Crippen LogP contribution in [0.1, 0.15) is 45.6 Å². The van der Waals surface area contributed by atoms with Gasteiger partial charge >= 0.3 is 0 Å². The quantitative estimate of drug-likeness (QED) is 0.832. The van der Waals surface area contributed by atoms with Crippen molar-refractivity contribution in [2.75, 3.05) is 13.6 Å². The van der Waals surface area contributed by atoms with Crippen molar-refractivity contribution in [1.82, 2.24) is 4.90 Å². The Bertz CT molecular complexity index is 412. The summed E-state index contributed by atoms with van der Waals surface area (Å²) in [5, 5.41) is 9.25. The average Bonchev–Trinajstić information content (AvgIpc) is 2.43. The Hall–Kier alpha value is -1.35. The van der Waals surface area contributed by atoms with Crippen molar-refractivity contribution in [2.24, 2.45) is 0 Å². The summed E-state index contributed by atoms with van der Waals surface area (Å²) in [6, 6.07) is 10.3. The molecule has 1 rings (SSSR count). The summed E-state index contributed by atoms with van der Waals surface area (Å²) < 4.78 is 0. The molecule has 1 atom stereocenters. The number of hydrogen-bond acceptors (Lipinski definition) is 2. The molecule has 0 radical (unpaired) electrons. The number of aliphatic hydroxyl groups is 1. The maximum Gasteiger partial charge on any atom is 0.222 e. The second-order valence-electron chi connectivity index (χ2n) is 6.20. The summed E-state index contributed by atoms with van der Waals surface area (Å²) in [5.41, 5.74) is 1.27. The molecule has 0 saturated carbocycles. The van der Waals surface area contributed by atoms with Crippen LogP contribution in [0.15, 0.2) is 30.3 Å². The van der Waals surface area contributed by atoms with E-state index in [0.29, 0.717) is 19.4 Å². The highest BCUT2D eigenvalue weighted by Gasteiger charge is 2.22.